The smallest absolute Gasteiger partial charge is 0.231 e. The van der Waals surface area contributed by atoms with E-state index in [0.717, 1.165) is 29.0 Å². The third kappa shape index (κ3) is 2.64. The number of rotatable bonds is 2. The zero-order chi connectivity index (χ0) is 19.4. The summed E-state index contributed by atoms with van der Waals surface area (Å²) in [5, 5.41) is 0. The highest BCUT2D eigenvalue weighted by Crippen LogP contribution is 2.43. The molecule has 0 N–H and O–H groups in total. The van der Waals surface area contributed by atoms with E-state index < -0.39 is 0 Å². The highest BCUT2D eigenvalue weighted by atomic mass is 16.7. The Morgan fingerprint density at radius 1 is 1.07 bits per heavy atom. The summed E-state index contributed by atoms with van der Waals surface area (Å²) in [4.78, 5) is 15.2. The Balaban J connectivity index is 1.50. The van der Waals surface area contributed by atoms with E-state index in [9.17, 15) is 4.79 Å². The molecule has 0 aliphatic carbocycles. The molecule has 28 heavy (non-hydrogen) atoms. The van der Waals surface area contributed by atoms with E-state index in [1.807, 2.05) is 31.2 Å². The monoisotopic (exact) mass is 379 g/mol. The fourth-order valence-corrected chi connectivity index (χ4v) is 3.75. The molecule has 0 spiro atoms. The second-order valence-corrected chi connectivity index (χ2v) is 7.53. The first-order valence-corrected chi connectivity index (χ1v) is 9.38. The van der Waals surface area contributed by atoms with Crippen molar-refractivity contribution in [1.82, 2.24) is 4.90 Å². The molecular weight excluding hydrogens is 358 g/mol. The molecule has 0 atom stereocenters. The summed E-state index contributed by atoms with van der Waals surface area (Å²) in [6.45, 7) is 7.73. The lowest BCUT2D eigenvalue weighted by Crippen LogP contribution is -2.37. The maximum atomic E-state index is 13.0. The van der Waals surface area contributed by atoms with Gasteiger partial charge in [-0.05, 0) is 50.6 Å². The zero-order valence-corrected chi connectivity index (χ0v) is 16.1. The molecule has 0 saturated heterocycles. The number of ether oxygens (including phenoxy) is 4. The number of ketones is 1. The SMILES string of the molecule is Cc1c2c(cc3c1OC(=Cc1ccc4c(c1)OCO4)C3=O)CN(C(C)C)CO2. The number of hydrogen-bond acceptors (Lipinski definition) is 6. The minimum atomic E-state index is -0.111. The third-order valence-corrected chi connectivity index (χ3v) is 5.39. The number of carbonyl (C=O) groups is 1. The first-order valence-electron chi connectivity index (χ1n) is 9.38. The van der Waals surface area contributed by atoms with Crippen LogP contribution in [0.25, 0.3) is 6.08 Å². The Morgan fingerprint density at radius 2 is 1.89 bits per heavy atom. The summed E-state index contributed by atoms with van der Waals surface area (Å²) in [6.07, 6.45) is 1.74. The Morgan fingerprint density at radius 3 is 2.71 bits per heavy atom. The molecule has 3 aliphatic rings. The lowest BCUT2D eigenvalue weighted by atomic mass is 9.99. The van der Waals surface area contributed by atoms with Crippen molar-refractivity contribution in [3.8, 4) is 23.0 Å². The van der Waals surface area contributed by atoms with E-state index in [0.29, 0.717) is 41.3 Å². The third-order valence-electron chi connectivity index (χ3n) is 5.39. The molecule has 0 unspecified atom stereocenters. The number of allylic oxidation sites excluding steroid dienone is 1. The standard InChI is InChI=1S/C22H21NO5/c1-12(2)23-9-15-8-16-20(24)19(28-22(16)13(3)21(15)25-10-23)7-14-4-5-17-18(6-14)27-11-26-17/h4-8,12H,9-11H2,1-3H3. The molecule has 0 fully saturated rings. The maximum absolute atomic E-state index is 13.0. The number of benzene rings is 2. The van der Waals surface area contributed by atoms with E-state index in [4.69, 9.17) is 18.9 Å². The van der Waals surface area contributed by atoms with Gasteiger partial charge in [0.15, 0.2) is 17.3 Å². The predicted molar refractivity (Wildman–Crippen MR) is 103 cm³/mol. The molecular formula is C22H21NO5. The van der Waals surface area contributed by atoms with Crippen LogP contribution in [-0.4, -0.2) is 30.2 Å². The molecule has 0 saturated carbocycles. The van der Waals surface area contributed by atoms with E-state index >= 15 is 0 Å². The van der Waals surface area contributed by atoms with Gasteiger partial charge >= 0.3 is 0 Å². The Kier molecular flexibility index (Phi) is 3.84. The van der Waals surface area contributed by atoms with Gasteiger partial charge in [0.1, 0.15) is 18.2 Å². The summed E-state index contributed by atoms with van der Waals surface area (Å²) < 4.78 is 22.7. The van der Waals surface area contributed by atoms with Gasteiger partial charge in [-0.25, -0.2) is 0 Å². The van der Waals surface area contributed by atoms with Crippen LogP contribution in [0.1, 0.15) is 40.9 Å². The molecule has 0 aromatic heterocycles. The summed E-state index contributed by atoms with van der Waals surface area (Å²) in [5.74, 6) is 2.99. The van der Waals surface area contributed by atoms with Gasteiger partial charge in [-0.2, -0.15) is 0 Å². The summed E-state index contributed by atoms with van der Waals surface area (Å²) in [6, 6.07) is 7.84. The van der Waals surface area contributed by atoms with Crippen molar-refractivity contribution in [2.45, 2.75) is 33.4 Å². The van der Waals surface area contributed by atoms with Crippen molar-refractivity contribution in [3.05, 3.63) is 52.3 Å². The normalized spacial score (nSPS) is 18.9. The molecule has 144 valence electrons. The molecule has 6 nitrogen and oxygen atoms in total. The molecule has 2 aromatic rings. The molecule has 5 rings (SSSR count). The summed E-state index contributed by atoms with van der Waals surface area (Å²) >= 11 is 0. The maximum Gasteiger partial charge on any atom is 0.231 e. The highest BCUT2D eigenvalue weighted by Gasteiger charge is 2.34. The second-order valence-electron chi connectivity index (χ2n) is 7.53. The minimum absolute atomic E-state index is 0.111. The summed E-state index contributed by atoms with van der Waals surface area (Å²) in [5.41, 5.74) is 3.32. The number of carbonyl (C=O) groups excluding carboxylic acids is 1. The Bertz CT molecular complexity index is 1020. The van der Waals surface area contributed by atoms with E-state index in [1.165, 1.54) is 0 Å². The second kappa shape index (κ2) is 6.27. The van der Waals surface area contributed by atoms with Crippen molar-refractivity contribution in [2.24, 2.45) is 0 Å². The van der Waals surface area contributed by atoms with Gasteiger partial charge in [0.25, 0.3) is 0 Å². The summed E-state index contributed by atoms with van der Waals surface area (Å²) in [7, 11) is 0. The van der Waals surface area contributed by atoms with Crippen molar-refractivity contribution in [2.75, 3.05) is 13.5 Å². The first kappa shape index (κ1) is 17.1. The van der Waals surface area contributed by atoms with Crippen LogP contribution in [0.4, 0.5) is 0 Å². The molecule has 0 bridgehead atoms. The average Bonchev–Trinajstić information content (AvgIpc) is 3.27. The van der Waals surface area contributed by atoms with E-state index in [1.54, 1.807) is 6.08 Å². The van der Waals surface area contributed by atoms with Crippen LogP contribution in [0, 0.1) is 6.92 Å². The van der Waals surface area contributed by atoms with Crippen LogP contribution >= 0.6 is 0 Å². The molecule has 0 radical (unpaired) electrons. The van der Waals surface area contributed by atoms with Crippen LogP contribution in [0.5, 0.6) is 23.0 Å². The lowest BCUT2D eigenvalue weighted by Gasteiger charge is -2.32. The van der Waals surface area contributed by atoms with Crippen molar-refractivity contribution >= 4 is 11.9 Å². The molecule has 2 aromatic carbocycles. The predicted octanol–water partition coefficient (Wildman–Crippen LogP) is 3.90. The van der Waals surface area contributed by atoms with Gasteiger partial charge in [-0.3, -0.25) is 9.69 Å². The zero-order valence-electron chi connectivity index (χ0n) is 16.1. The minimum Gasteiger partial charge on any atom is -0.477 e. The molecule has 3 heterocycles. The Hall–Kier alpha value is -2.99. The van der Waals surface area contributed by atoms with Crippen LogP contribution < -0.4 is 18.9 Å². The number of Topliss-reactive ketones (excluding diaryl/α,β-unsaturated/α-hetero) is 1. The van der Waals surface area contributed by atoms with Gasteiger partial charge in [0.2, 0.25) is 12.6 Å². The number of nitrogens with zero attached hydrogens (tertiary/aromatic N) is 1. The molecule has 0 amide bonds. The molecule has 6 heteroatoms. The van der Waals surface area contributed by atoms with Crippen molar-refractivity contribution in [1.29, 1.82) is 0 Å². The van der Waals surface area contributed by atoms with E-state index in [2.05, 4.69) is 18.7 Å². The molecule has 3 aliphatic heterocycles. The Labute approximate surface area is 163 Å². The van der Waals surface area contributed by atoms with Gasteiger partial charge in [0.05, 0.1) is 5.56 Å². The van der Waals surface area contributed by atoms with Crippen molar-refractivity contribution < 1.29 is 23.7 Å². The highest BCUT2D eigenvalue weighted by molar-refractivity contribution is 6.15. The number of fused-ring (bicyclic) bond motifs is 3. The van der Waals surface area contributed by atoms with Crippen LogP contribution in [-0.2, 0) is 6.54 Å². The number of hydrogen-bond donors (Lipinski definition) is 0. The quantitative estimate of drug-likeness (QED) is 0.738. The van der Waals surface area contributed by atoms with Gasteiger partial charge in [0, 0.05) is 23.7 Å². The first-order chi connectivity index (χ1) is 13.5. The fraction of sp³-hybridized carbons (Fsp3) is 0.318. The fourth-order valence-electron chi connectivity index (χ4n) is 3.75. The topological polar surface area (TPSA) is 57.2 Å². The van der Waals surface area contributed by atoms with Crippen LogP contribution in [0.15, 0.2) is 30.0 Å². The van der Waals surface area contributed by atoms with Gasteiger partial charge in [-0.1, -0.05) is 6.07 Å². The average molecular weight is 379 g/mol. The van der Waals surface area contributed by atoms with Gasteiger partial charge < -0.3 is 18.9 Å². The van der Waals surface area contributed by atoms with Gasteiger partial charge in [-0.15, -0.1) is 0 Å². The van der Waals surface area contributed by atoms with E-state index in [-0.39, 0.29) is 12.6 Å². The van der Waals surface area contributed by atoms with Crippen LogP contribution in [0.3, 0.4) is 0 Å². The van der Waals surface area contributed by atoms with Crippen LogP contribution in [0.2, 0.25) is 0 Å². The van der Waals surface area contributed by atoms with Crippen molar-refractivity contribution in [3.63, 3.8) is 0 Å². The lowest BCUT2D eigenvalue weighted by molar-refractivity contribution is 0.0678. The largest absolute Gasteiger partial charge is 0.477 e.